The first kappa shape index (κ1) is 24.9. The van der Waals surface area contributed by atoms with E-state index in [2.05, 4.69) is 33.0 Å². The van der Waals surface area contributed by atoms with Crippen molar-refractivity contribution in [2.24, 2.45) is 5.92 Å². The molecule has 162 valence electrons. The molecule has 0 saturated heterocycles. The Labute approximate surface area is 170 Å². The molecule has 0 aromatic carbocycles. The van der Waals surface area contributed by atoms with Crippen LogP contribution in [0.2, 0.25) is 0 Å². The van der Waals surface area contributed by atoms with Gasteiger partial charge < -0.3 is 14.8 Å². The van der Waals surface area contributed by atoms with Crippen molar-refractivity contribution in [3.63, 3.8) is 0 Å². The fraction of sp³-hybridized carbons (Fsp3) is 1.00. The lowest BCUT2D eigenvalue weighted by molar-refractivity contribution is -0.254. The summed E-state index contributed by atoms with van der Waals surface area (Å²) in [6.07, 6.45) is 18.8. The zero-order chi connectivity index (χ0) is 19.8. The molecule has 1 atom stereocenters. The average Bonchev–Trinajstić information content (AvgIpc) is 2.67. The van der Waals surface area contributed by atoms with Gasteiger partial charge in [0.15, 0.2) is 5.79 Å². The van der Waals surface area contributed by atoms with Crippen molar-refractivity contribution in [2.45, 2.75) is 129 Å². The van der Waals surface area contributed by atoms with Crippen LogP contribution >= 0.6 is 0 Å². The van der Waals surface area contributed by atoms with E-state index in [-0.39, 0.29) is 0 Å². The zero-order valence-corrected chi connectivity index (χ0v) is 19.0. The number of hydrogen-bond acceptors (Lipinski definition) is 3. The molecule has 0 aliphatic heterocycles. The van der Waals surface area contributed by atoms with Crippen molar-refractivity contribution in [2.75, 3.05) is 19.8 Å². The third kappa shape index (κ3) is 10.9. The second-order valence-electron chi connectivity index (χ2n) is 8.57. The minimum atomic E-state index is -0.419. The summed E-state index contributed by atoms with van der Waals surface area (Å²) in [6.45, 7) is 11.2. The fourth-order valence-electron chi connectivity index (χ4n) is 4.65. The van der Waals surface area contributed by atoms with Crippen LogP contribution in [0.5, 0.6) is 0 Å². The van der Waals surface area contributed by atoms with Gasteiger partial charge in [-0.25, -0.2) is 0 Å². The van der Waals surface area contributed by atoms with E-state index >= 15 is 0 Å². The molecule has 0 heterocycles. The number of nitrogens with one attached hydrogen (secondary N) is 1. The molecule has 3 nitrogen and oxygen atoms in total. The highest BCUT2D eigenvalue weighted by molar-refractivity contribution is 4.77. The van der Waals surface area contributed by atoms with Crippen molar-refractivity contribution in [1.82, 2.24) is 5.32 Å². The van der Waals surface area contributed by atoms with Crippen LogP contribution in [0.3, 0.4) is 0 Å². The largest absolute Gasteiger partial charge is 0.350 e. The molecular weight excluding hydrogens is 334 g/mol. The molecule has 0 amide bonds. The second-order valence-corrected chi connectivity index (χ2v) is 8.57. The standard InChI is InChI=1S/C24H49NO2/c1-5-8-9-10-11-13-17-22(24(4,26-6-2)27-7-3)18-16-21-25-23-19-14-12-15-20-23/h22-23,25H,5-21H2,1-4H3. The van der Waals surface area contributed by atoms with Crippen molar-refractivity contribution in [3.05, 3.63) is 0 Å². The van der Waals surface area contributed by atoms with E-state index in [1.165, 1.54) is 89.9 Å². The summed E-state index contributed by atoms with van der Waals surface area (Å²) >= 11 is 0. The quantitative estimate of drug-likeness (QED) is 0.220. The number of unbranched alkanes of at least 4 members (excludes halogenated alkanes) is 5. The van der Waals surface area contributed by atoms with Crippen molar-refractivity contribution in [3.8, 4) is 0 Å². The van der Waals surface area contributed by atoms with Gasteiger partial charge in [-0.3, -0.25) is 0 Å². The Bertz CT molecular complexity index is 322. The Balaban J connectivity index is 2.42. The van der Waals surface area contributed by atoms with Gasteiger partial charge >= 0.3 is 0 Å². The summed E-state index contributed by atoms with van der Waals surface area (Å²) in [4.78, 5) is 0. The second kappa shape index (κ2) is 15.8. The molecule has 3 heteroatoms. The fourth-order valence-corrected chi connectivity index (χ4v) is 4.65. The minimum absolute atomic E-state index is 0.419. The number of rotatable bonds is 17. The summed E-state index contributed by atoms with van der Waals surface area (Å²) in [5.41, 5.74) is 0. The van der Waals surface area contributed by atoms with Crippen molar-refractivity contribution >= 4 is 0 Å². The smallest absolute Gasteiger partial charge is 0.168 e. The van der Waals surface area contributed by atoms with Crippen LogP contribution in [-0.2, 0) is 9.47 Å². The summed E-state index contributed by atoms with van der Waals surface area (Å²) in [5, 5.41) is 3.80. The highest BCUT2D eigenvalue weighted by Gasteiger charge is 2.34. The van der Waals surface area contributed by atoms with Gasteiger partial charge in [-0.1, -0.05) is 64.7 Å². The maximum Gasteiger partial charge on any atom is 0.168 e. The monoisotopic (exact) mass is 383 g/mol. The summed E-state index contributed by atoms with van der Waals surface area (Å²) in [5.74, 6) is 0.0781. The van der Waals surface area contributed by atoms with E-state index in [0.717, 1.165) is 25.8 Å². The van der Waals surface area contributed by atoms with Gasteiger partial charge in [-0.2, -0.15) is 0 Å². The van der Waals surface area contributed by atoms with E-state index in [4.69, 9.17) is 9.47 Å². The molecule has 1 aliphatic carbocycles. The lowest BCUT2D eigenvalue weighted by Gasteiger charge is -2.37. The lowest BCUT2D eigenvalue weighted by Crippen LogP contribution is -2.41. The molecule has 1 N–H and O–H groups in total. The van der Waals surface area contributed by atoms with Gasteiger partial charge in [0, 0.05) is 25.2 Å². The zero-order valence-electron chi connectivity index (χ0n) is 19.0. The Morgan fingerprint density at radius 3 is 2.04 bits per heavy atom. The van der Waals surface area contributed by atoms with E-state index in [9.17, 15) is 0 Å². The van der Waals surface area contributed by atoms with E-state index in [1.54, 1.807) is 0 Å². The van der Waals surface area contributed by atoms with Crippen LogP contribution in [0.4, 0.5) is 0 Å². The first-order chi connectivity index (χ1) is 13.2. The minimum Gasteiger partial charge on any atom is -0.350 e. The Hall–Kier alpha value is -0.120. The maximum atomic E-state index is 6.13. The molecule has 27 heavy (non-hydrogen) atoms. The SMILES string of the molecule is CCCCCCCCC(CCCNC1CCCCC1)C(C)(OCC)OCC. The number of ether oxygens (including phenoxy) is 2. The molecule has 1 unspecified atom stereocenters. The summed E-state index contributed by atoms with van der Waals surface area (Å²) < 4.78 is 12.3. The first-order valence-corrected chi connectivity index (χ1v) is 12.2. The maximum absolute atomic E-state index is 6.13. The van der Waals surface area contributed by atoms with Crippen molar-refractivity contribution in [1.29, 1.82) is 0 Å². The molecule has 1 saturated carbocycles. The highest BCUT2D eigenvalue weighted by Crippen LogP contribution is 2.32. The summed E-state index contributed by atoms with van der Waals surface area (Å²) in [6, 6.07) is 0.765. The molecular formula is C24H49NO2. The van der Waals surface area contributed by atoms with Gasteiger partial charge in [-0.05, 0) is 59.4 Å². The predicted octanol–water partition coefficient (Wildman–Crippen LogP) is 6.84. The third-order valence-corrected chi connectivity index (χ3v) is 6.28. The molecule has 0 aromatic heterocycles. The molecule has 0 bridgehead atoms. The van der Waals surface area contributed by atoms with Gasteiger partial charge in [-0.15, -0.1) is 0 Å². The lowest BCUT2D eigenvalue weighted by atomic mass is 9.88. The predicted molar refractivity (Wildman–Crippen MR) is 117 cm³/mol. The van der Waals surface area contributed by atoms with Crippen LogP contribution in [0, 0.1) is 5.92 Å². The van der Waals surface area contributed by atoms with E-state index in [1.807, 2.05) is 0 Å². The molecule has 1 rings (SSSR count). The van der Waals surface area contributed by atoms with E-state index < -0.39 is 5.79 Å². The number of hydrogen-bond donors (Lipinski definition) is 1. The highest BCUT2D eigenvalue weighted by atomic mass is 16.7. The Kier molecular flexibility index (Phi) is 14.5. The topological polar surface area (TPSA) is 30.5 Å². The van der Waals surface area contributed by atoms with Crippen LogP contribution in [0.1, 0.15) is 118 Å². The van der Waals surface area contributed by atoms with Crippen LogP contribution in [0.15, 0.2) is 0 Å². The first-order valence-electron chi connectivity index (χ1n) is 12.2. The van der Waals surface area contributed by atoms with Crippen LogP contribution < -0.4 is 5.32 Å². The normalized spacial score (nSPS) is 17.3. The van der Waals surface area contributed by atoms with Gasteiger partial charge in [0.1, 0.15) is 0 Å². The molecule has 0 spiro atoms. The van der Waals surface area contributed by atoms with Crippen LogP contribution in [0.25, 0.3) is 0 Å². The third-order valence-electron chi connectivity index (χ3n) is 6.28. The van der Waals surface area contributed by atoms with Gasteiger partial charge in [0.2, 0.25) is 0 Å². The Morgan fingerprint density at radius 2 is 1.41 bits per heavy atom. The molecule has 0 aromatic rings. The van der Waals surface area contributed by atoms with Crippen LogP contribution in [-0.4, -0.2) is 31.6 Å². The molecule has 0 radical (unpaired) electrons. The molecule has 1 fully saturated rings. The van der Waals surface area contributed by atoms with Gasteiger partial charge in [0.05, 0.1) is 0 Å². The van der Waals surface area contributed by atoms with E-state index in [0.29, 0.717) is 5.92 Å². The summed E-state index contributed by atoms with van der Waals surface area (Å²) in [7, 11) is 0. The molecule has 1 aliphatic rings. The van der Waals surface area contributed by atoms with Crippen molar-refractivity contribution < 1.29 is 9.47 Å². The van der Waals surface area contributed by atoms with Gasteiger partial charge in [0.25, 0.3) is 0 Å². The average molecular weight is 384 g/mol. The Morgan fingerprint density at radius 1 is 0.815 bits per heavy atom.